The van der Waals surface area contributed by atoms with Gasteiger partial charge in [0.1, 0.15) is 10.1 Å². The zero-order valence-electron chi connectivity index (χ0n) is 7.35. The van der Waals surface area contributed by atoms with Gasteiger partial charge in [0.15, 0.2) is 0 Å². The normalized spacial score (nSPS) is 10.6. The van der Waals surface area contributed by atoms with E-state index in [1.807, 2.05) is 6.26 Å². The average molecular weight is 210 g/mol. The first-order valence-electron chi connectivity index (χ1n) is 3.14. The maximum absolute atomic E-state index is 10.5. The zero-order chi connectivity index (χ0) is 9.19. The van der Waals surface area contributed by atoms with Crippen LogP contribution in [-0.4, -0.2) is 19.2 Å². The summed E-state index contributed by atoms with van der Waals surface area (Å²) < 4.78 is 31.6. The number of hydrogen-bond donors (Lipinski definition) is 0. The summed E-state index contributed by atoms with van der Waals surface area (Å²) in [6.07, 6.45) is 1.82. The summed E-state index contributed by atoms with van der Waals surface area (Å²) in [7, 11) is -4.30. The minimum Gasteiger partial charge on any atom is -0.744 e. The molecule has 1 aromatic rings. The average Bonchev–Trinajstić information content (AvgIpc) is 2.03. The molecule has 0 aliphatic carbocycles. The second-order valence-corrected chi connectivity index (χ2v) is 4.39. The van der Waals surface area contributed by atoms with E-state index in [1.165, 1.54) is 23.9 Å². The predicted molar refractivity (Wildman–Crippen MR) is 46.2 cm³/mol. The molecule has 66 valence electrons. The van der Waals surface area contributed by atoms with E-state index < -0.39 is 10.1 Å². The Balaban J connectivity index is 0.00000144. The summed E-state index contributed by atoms with van der Waals surface area (Å²) in [6, 6.07) is 5.96. The summed E-state index contributed by atoms with van der Waals surface area (Å²) >= 11 is 1.40. The summed E-state index contributed by atoms with van der Waals surface area (Å²) in [5, 5.41) is 0. The third kappa shape index (κ3) is 3.75. The van der Waals surface area contributed by atoms with Crippen molar-refractivity contribution < 1.29 is 31.8 Å². The molecular weight excluding hydrogens is 203 g/mol. The molecule has 0 saturated heterocycles. The molecule has 0 aliphatic heterocycles. The maximum Gasteiger partial charge on any atom is 1.00 e. The summed E-state index contributed by atoms with van der Waals surface area (Å²) in [6.45, 7) is 0. The van der Waals surface area contributed by atoms with Gasteiger partial charge in [-0.15, -0.1) is 11.8 Å². The molecule has 0 spiro atoms. The monoisotopic (exact) mass is 210 g/mol. The van der Waals surface area contributed by atoms with E-state index in [2.05, 4.69) is 0 Å². The van der Waals surface area contributed by atoms with Gasteiger partial charge in [0, 0.05) is 4.90 Å². The maximum atomic E-state index is 10.5. The molecule has 0 saturated carbocycles. The zero-order valence-corrected chi connectivity index (χ0v) is 8.98. The Bertz CT molecular complexity index is 375. The number of rotatable bonds is 2. The molecule has 1 rings (SSSR count). The summed E-state index contributed by atoms with van der Waals surface area (Å²) in [5.41, 5.74) is 0. The smallest absolute Gasteiger partial charge is 0.744 e. The molecule has 0 radical (unpaired) electrons. The van der Waals surface area contributed by atoms with Crippen molar-refractivity contribution in [1.29, 1.82) is 0 Å². The van der Waals surface area contributed by atoms with Crippen LogP contribution < -0.4 is 18.9 Å². The Labute approximate surface area is 93.8 Å². The summed E-state index contributed by atoms with van der Waals surface area (Å²) in [5.74, 6) is 0. The molecule has 0 amide bonds. The van der Waals surface area contributed by atoms with Gasteiger partial charge in [-0.1, -0.05) is 6.07 Å². The molecule has 0 aliphatic rings. The first-order chi connectivity index (χ1) is 5.54. The minimum atomic E-state index is -4.30. The van der Waals surface area contributed by atoms with E-state index in [0.29, 0.717) is 0 Å². The van der Waals surface area contributed by atoms with Gasteiger partial charge in [0.05, 0.1) is 4.90 Å². The van der Waals surface area contributed by atoms with Crippen LogP contribution in [0, 0.1) is 0 Å². The van der Waals surface area contributed by atoms with Crippen molar-refractivity contribution in [3.63, 3.8) is 0 Å². The van der Waals surface area contributed by atoms with Crippen LogP contribution in [0.4, 0.5) is 0 Å². The SMILES string of the molecule is CSc1cccc(S(=O)(=O)[O-])c1.[Li+]. The molecule has 0 N–H and O–H groups in total. The molecule has 0 atom stereocenters. The van der Waals surface area contributed by atoms with E-state index >= 15 is 0 Å². The van der Waals surface area contributed by atoms with Crippen LogP contribution in [0.1, 0.15) is 0 Å². The molecule has 1 aromatic carbocycles. The van der Waals surface area contributed by atoms with Gasteiger partial charge >= 0.3 is 18.9 Å². The van der Waals surface area contributed by atoms with Crippen molar-refractivity contribution in [3.05, 3.63) is 24.3 Å². The Kier molecular flexibility index (Phi) is 5.11. The predicted octanol–water partition coefficient (Wildman–Crippen LogP) is -1.68. The van der Waals surface area contributed by atoms with Gasteiger partial charge < -0.3 is 4.55 Å². The van der Waals surface area contributed by atoms with Crippen LogP contribution in [0.2, 0.25) is 0 Å². The Morgan fingerprint density at radius 3 is 2.46 bits per heavy atom. The second kappa shape index (κ2) is 5.08. The van der Waals surface area contributed by atoms with Crippen LogP contribution in [0.15, 0.2) is 34.1 Å². The Morgan fingerprint density at radius 2 is 2.00 bits per heavy atom. The van der Waals surface area contributed by atoms with E-state index in [-0.39, 0.29) is 23.8 Å². The fourth-order valence-electron chi connectivity index (χ4n) is 0.757. The van der Waals surface area contributed by atoms with Gasteiger partial charge in [0.25, 0.3) is 0 Å². The van der Waals surface area contributed by atoms with Crippen LogP contribution >= 0.6 is 11.8 Å². The molecule has 0 bridgehead atoms. The van der Waals surface area contributed by atoms with Gasteiger partial charge in [0.2, 0.25) is 0 Å². The van der Waals surface area contributed by atoms with Crippen molar-refractivity contribution in [3.8, 4) is 0 Å². The summed E-state index contributed by atoms with van der Waals surface area (Å²) in [4.78, 5) is 0.598. The van der Waals surface area contributed by atoms with E-state index in [0.717, 1.165) is 4.90 Å². The molecule has 0 heterocycles. The number of thioether (sulfide) groups is 1. The number of benzene rings is 1. The van der Waals surface area contributed by atoms with Gasteiger partial charge in [-0.3, -0.25) is 0 Å². The van der Waals surface area contributed by atoms with Crippen molar-refractivity contribution >= 4 is 21.9 Å². The van der Waals surface area contributed by atoms with Crippen molar-refractivity contribution in [1.82, 2.24) is 0 Å². The minimum absolute atomic E-state index is 0. The van der Waals surface area contributed by atoms with Crippen molar-refractivity contribution in [2.45, 2.75) is 9.79 Å². The Hall–Kier alpha value is 0.0774. The number of hydrogen-bond acceptors (Lipinski definition) is 4. The van der Waals surface area contributed by atoms with Crippen molar-refractivity contribution in [2.75, 3.05) is 6.26 Å². The molecule has 0 unspecified atom stereocenters. The standard InChI is InChI=1S/C7H8O3S2.Li/c1-11-6-3-2-4-7(5-6)12(8,9)10;/h2-5H,1H3,(H,8,9,10);/q;+1/p-1. The molecule has 13 heavy (non-hydrogen) atoms. The van der Waals surface area contributed by atoms with Gasteiger partial charge in [-0.05, 0) is 24.5 Å². The van der Waals surface area contributed by atoms with E-state index in [4.69, 9.17) is 0 Å². The van der Waals surface area contributed by atoms with Crippen LogP contribution in [0.3, 0.4) is 0 Å². The fraction of sp³-hybridized carbons (Fsp3) is 0.143. The molecule has 6 heteroatoms. The van der Waals surface area contributed by atoms with Crippen LogP contribution in [-0.2, 0) is 10.1 Å². The quantitative estimate of drug-likeness (QED) is 0.332. The third-order valence-electron chi connectivity index (χ3n) is 1.33. The third-order valence-corrected chi connectivity index (χ3v) is 2.89. The van der Waals surface area contributed by atoms with Gasteiger partial charge in [-0.2, -0.15) is 0 Å². The topological polar surface area (TPSA) is 57.2 Å². The molecular formula is C7H7LiO3S2. The first-order valence-corrected chi connectivity index (χ1v) is 5.77. The van der Waals surface area contributed by atoms with E-state index in [1.54, 1.807) is 12.1 Å². The molecule has 0 aromatic heterocycles. The largest absolute Gasteiger partial charge is 1.00 e. The first kappa shape index (κ1) is 13.1. The van der Waals surface area contributed by atoms with Crippen LogP contribution in [0.5, 0.6) is 0 Å². The molecule has 3 nitrogen and oxygen atoms in total. The van der Waals surface area contributed by atoms with Crippen LogP contribution in [0.25, 0.3) is 0 Å². The van der Waals surface area contributed by atoms with E-state index in [9.17, 15) is 13.0 Å². The Morgan fingerprint density at radius 1 is 1.38 bits per heavy atom. The molecule has 0 fully saturated rings. The van der Waals surface area contributed by atoms with Crippen molar-refractivity contribution in [2.24, 2.45) is 0 Å². The second-order valence-electron chi connectivity index (χ2n) is 2.13. The van der Waals surface area contributed by atoms with Gasteiger partial charge in [-0.25, -0.2) is 8.42 Å². The fourth-order valence-corrected chi connectivity index (χ4v) is 1.81.